The van der Waals surface area contributed by atoms with E-state index in [2.05, 4.69) is 15.6 Å². The molecule has 0 saturated carbocycles. The van der Waals surface area contributed by atoms with Gasteiger partial charge in [-0.3, -0.25) is 10.1 Å². The van der Waals surface area contributed by atoms with Crippen molar-refractivity contribution in [3.05, 3.63) is 56.7 Å². The predicted molar refractivity (Wildman–Crippen MR) is 87.2 cm³/mol. The normalized spacial score (nSPS) is 10.0. The minimum Gasteiger partial charge on any atom is -0.332 e. The number of anilines is 2. The number of halogens is 2. The molecule has 0 aliphatic carbocycles. The van der Waals surface area contributed by atoms with Crippen molar-refractivity contribution in [2.24, 2.45) is 0 Å². The van der Waals surface area contributed by atoms with Crippen molar-refractivity contribution in [1.82, 2.24) is 4.98 Å². The number of pyridine rings is 1. The van der Waals surface area contributed by atoms with E-state index in [1.54, 1.807) is 18.2 Å². The minimum atomic E-state index is -0.526. The number of nitrogens with one attached hydrogen (secondary N) is 2. The van der Waals surface area contributed by atoms with E-state index in [4.69, 9.17) is 35.4 Å². The molecule has 6 nitrogen and oxygen atoms in total. The van der Waals surface area contributed by atoms with Gasteiger partial charge >= 0.3 is 0 Å². The Labute approximate surface area is 135 Å². The minimum absolute atomic E-state index is 0.0962. The van der Waals surface area contributed by atoms with E-state index in [0.29, 0.717) is 21.6 Å². The Morgan fingerprint density at radius 2 is 1.86 bits per heavy atom. The zero-order chi connectivity index (χ0) is 15.4. The van der Waals surface area contributed by atoms with Crippen LogP contribution in [0.3, 0.4) is 0 Å². The highest BCUT2D eigenvalue weighted by molar-refractivity contribution is 7.80. The van der Waals surface area contributed by atoms with E-state index in [0.717, 1.165) is 6.20 Å². The standard InChI is InChI=1S/C12H8Cl2N4O2S/c13-7-3-8(14)5-9(4-7)16-12(21)17-11-2-1-10(6-15-11)18(19)20/h1-6H,(H2,15,16,17,21). The molecule has 0 saturated heterocycles. The number of aromatic nitrogens is 1. The number of hydrogen-bond acceptors (Lipinski definition) is 4. The van der Waals surface area contributed by atoms with Crippen LogP contribution >= 0.6 is 35.4 Å². The lowest BCUT2D eigenvalue weighted by molar-refractivity contribution is -0.385. The maximum absolute atomic E-state index is 10.5. The number of nitro groups is 1. The molecule has 0 aliphatic heterocycles. The quantitative estimate of drug-likeness (QED) is 0.496. The van der Waals surface area contributed by atoms with Crippen LogP contribution in [-0.2, 0) is 0 Å². The molecule has 0 aliphatic rings. The van der Waals surface area contributed by atoms with E-state index in [1.807, 2.05) is 0 Å². The van der Waals surface area contributed by atoms with Crippen molar-refractivity contribution >= 4 is 57.7 Å². The number of hydrogen-bond donors (Lipinski definition) is 2. The van der Waals surface area contributed by atoms with Gasteiger partial charge in [-0.15, -0.1) is 0 Å². The van der Waals surface area contributed by atoms with Gasteiger partial charge in [0.2, 0.25) is 0 Å². The van der Waals surface area contributed by atoms with Crippen LogP contribution in [0, 0.1) is 10.1 Å². The first-order valence-corrected chi connectivity index (χ1v) is 6.75. The third-order valence-electron chi connectivity index (χ3n) is 2.32. The van der Waals surface area contributed by atoms with Gasteiger partial charge in [0.25, 0.3) is 5.69 Å². The summed E-state index contributed by atoms with van der Waals surface area (Å²) in [5.41, 5.74) is 0.521. The Morgan fingerprint density at radius 1 is 1.19 bits per heavy atom. The summed E-state index contributed by atoms with van der Waals surface area (Å²) in [6, 6.07) is 7.70. The molecular weight excluding hydrogens is 335 g/mol. The Balaban J connectivity index is 2.02. The number of nitrogens with zero attached hydrogens (tertiary/aromatic N) is 2. The molecule has 2 N–H and O–H groups in total. The first-order valence-electron chi connectivity index (χ1n) is 5.58. The first kappa shape index (κ1) is 15.4. The second-order valence-corrected chi connectivity index (χ2v) is 5.18. The van der Waals surface area contributed by atoms with Crippen molar-refractivity contribution in [3.63, 3.8) is 0 Å². The second-order valence-electron chi connectivity index (χ2n) is 3.90. The van der Waals surface area contributed by atoms with Gasteiger partial charge < -0.3 is 10.6 Å². The average molecular weight is 343 g/mol. The van der Waals surface area contributed by atoms with Gasteiger partial charge in [0.05, 0.1) is 4.92 Å². The Bertz CT molecular complexity index is 674. The van der Waals surface area contributed by atoms with Crippen LogP contribution in [0.4, 0.5) is 17.2 Å². The van der Waals surface area contributed by atoms with Gasteiger partial charge in [0.1, 0.15) is 12.0 Å². The molecule has 0 radical (unpaired) electrons. The fraction of sp³-hybridized carbons (Fsp3) is 0. The Hall–Kier alpha value is -1.96. The van der Waals surface area contributed by atoms with Crippen molar-refractivity contribution in [1.29, 1.82) is 0 Å². The highest BCUT2D eigenvalue weighted by Gasteiger charge is 2.06. The van der Waals surface area contributed by atoms with Crippen LogP contribution in [0.25, 0.3) is 0 Å². The molecular formula is C12H8Cl2N4O2S. The molecule has 0 fully saturated rings. The summed E-state index contributed by atoms with van der Waals surface area (Å²) in [4.78, 5) is 13.9. The van der Waals surface area contributed by atoms with Crippen LogP contribution in [0.1, 0.15) is 0 Å². The summed E-state index contributed by atoms with van der Waals surface area (Å²) in [5, 5.41) is 17.4. The van der Waals surface area contributed by atoms with Crippen LogP contribution in [0.2, 0.25) is 10.0 Å². The van der Waals surface area contributed by atoms with E-state index < -0.39 is 4.92 Å². The largest absolute Gasteiger partial charge is 0.332 e. The lowest BCUT2D eigenvalue weighted by Gasteiger charge is -2.10. The molecule has 9 heteroatoms. The molecule has 108 valence electrons. The van der Waals surface area contributed by atoms with Crippen molar-refractivity contribution in [2.45, 2.75) is 0 Å². The lowest BCUT2D eigenvalue weighted by atomic mass is 10.3. The van der Waals surface area contributed by atoms with Crippen LogP contribution < -0.4 is 10.6 Å². The first-order chi connectivity index (χ1) is 9.94. The summed E-state index contributed by atoms with van der Waals surface area (Å²) in [5.74, 6) is 0.381. The molecule has 1 heterocycles. The summed E-state index contributed by atoms with van der Waals surface area (Å²) in [6.45, 7) is 0. The summed E-state index contributed by atoms with van der Waals surface area (Å²) < 4.78 is 0. The summed E-state index contributed by atoms with van der Waals surface area (Å²) in [6.07, 6.45) is 1.14. The topological polar surface area (TPSA) is 80.1 Å². The third kappa shape index (κ3) is 4.52. The monoisotopic (exact) mass is 342 g/mol. The fourth-order valence-corrected chi connectivity index (χ4v) is 2.22. The van der Waals surface area contributed by atoms with Crippen molar-refractivity contribution < 1.29 is 4.92 Å². The van der Waals surface area contributed by atoms with E-state index in [9.17, 15) is 10.1 Å². The molecule has 21 heavy (non-hydrogen) atoms. The molecule has 2 rings (SSSR count). The zero-order valence-corrected chi connectivity index (χ0v) is 12.7. The van der Waals surface area contributed by atoms with Crippen LogP contribution in [0.15, 0.2) is 36.5 Å². The van der Waals surface area contributed by atoms with E-state index in [-0.39, 0.29) is 10.8 Å². The van der Waals surface area contributed by atoms with Gasteiger partial charge in [-0.25, -0.2) is 4.98 Å². The molecule has 1 aromatic heterocycles. The maximum Gasteiger partial charge on any atom is 0.287 e. The maximum atomic E-state index is 10.5. The van der Waals surface area contributed by atoms with Gasteiger partial charge in [-0.1, -0.05) is 23.2 Å². The highest BCUT2D eigenvalue weighted by Crippen LogP contribution is 2.22. The number of thiocarbonyl (C=S) groups is 1. The van der Waals surface area contributed by atoms with E-state index >= 15 is 0 Å². The molecule has 2 aromatic rings. The molecule has 1 aromatic carbocycles. The van der Waals surface area contributed by atoms with Crippen LogP contribution in [-0.4, -0.2) is 15.0 Å². The predicted octanol–water partition coefficient (Wildman–Crippen LogP) is 4.11. The average Bonchev–Trinajstić information content (AvgIpc) is 2.37. The molecule has 0 unspecified atom stereocenters. The third-order valence-corrected chi connectivity index (χ3v) is 2.96. The Morgan fingerprint density at radius 3 is 2.38 bits per heavy atom. The molecule has 0 amide bonds. The van der Waals surface area contributed by atoms with Gasteiger partial charge in [-0.2, -0.15) is 0 Å². The molecule has 0 bridgehead atoms. The zero-order valence-electron chi connectivity index (χ0n) is 10.3. The number of benzene rings is 1. The second kappa shape index (κ2) is 6.66. The van der Waals surface area contributed by atoms with Gasteiger partial charge in [0, 0.05) is 21.8 Å². The van der Waals surface area contributed by atoms with Crippen molar-refractivity contribution in [2.75, 3.05) is 10.6 Å². The Kier molecular flexibility index (Phi) is 4.89. The van der Waals surface area contributed by atoms with Gasteiger partial charge in [-0.05, 0) is 36.5 Å². The lowest BCUT2D eigenvalue weighted by Crippen LogP contribution is -2.19. The molecule has 0 spiro atoms. The van der Waals surface area contributed by atoms with Gasteiger partial charge in [0.15, 0.2) is 5.11 Å². The van der Waals surface area contributed by atoms with E-state index in [1.165, 1.54) is 12.1 Å². The summed E-state index contributed by atoms with van der Waals surface area (Å²) in [7, 11) is 0. The van der Waals surface area contributed by atoms with Crippen molar-refractivity contribution in [3.8, 4) is 0 Å². The summed E-state index contributed by atoms with van der Waals surface area (Å²) >= 11 is 16.9. The van der Waals surface area contributed by atoms with Crippen LogP contribution in [0.5, 0.6) is 0 Å². The molecule has 0 atom stereocenters. The smallest absolute Gasteiger partial charge is 0.287 e. The number of rotatable bonds is 3. The highest BCUT2D eigenvalue weighted by atomic mass is 35.5. The fourth-order valence-electron chi connectivity index (χ4n) is 1.47. The SMILES string of the molecule is O=[N+]([O-])c1ccc(NC(=S)Nc2cc(Cl)cc(Cl)c2)nc1.